The van der Waals surface area contributed by atoms with Gasteiger partial charge in [-0.1, -0.05) is 0 Å². The smallest absolute Gasteiger partial charge is 0.376 e. The summed E-state index contributed by atoms with van der Waals surface area (Å²) in [5.41, 5.74) is 0. The number of aliphatic hydroxyl groups is 1. The molecule has 9 heavy (non-hydrogen) atoms. The second-order valence-corrected chi connectivity index (χ2v) is 1.23. The van der Waals surface area contributed by atoms with Crippen LogP contribution < -0.4 is 0 Å². The molecule has 0 aromatic rings. The second kappa shape index (κ2) is 3.77. The Kier molecular flexibility index (Phi) is 3.27. The highest BCUT2D eigenvalue weighted by Gasteiger charge is 2.04. The van der Waals surface area contributed by atoms with Crippen molar-refractivity contribution in [2.45, 2.75) is 0 Å². The fraction of sp³-hybridized carbons (Fsp3) is 0.400. The molecule has 0 amide bonds. The molecule has 0 bridgehead atoms. The van der Waals surface area contributed by atoms with E-state index in [0.29, 0.717) is 0 Å². The standard InChI is InChI=1S/C5H8O4/c1-8-3-4(6)5(7)9-2/h3,6H,1-2H3/b4-3-. The van der Waals surface area contributed by atoms with E-state index in [9.17, 15) is 4.79 Å². The van der Waals surface area contributed by atoms with Gasteiger partial charge in [0.25, 0.3) is 0 Å². The zero-order valence-corrected chi connectivity index (χ0v) is 5.25. The fourth-order valence-electron chi connectivity index (χ4n) is 0.264. The highest BCUT2D eigenvalue weighted by Crippen LogP contribution is 1.89. The number of methoxy groups -OCH3 is 2. The Morgan fingerprint density at radius 2 is 2.11 bits per heavy atom. The molecule has 0 atom stereocenters. The molecule has 0 radical (unpaired) electrons. The molecule has 0 heterocycles. The Balaban J connectivity index is 3.86. The van der Waals surface area contributed by atoms with Crippen LogP contribution in [-0.2, 0) is 14.3 Å². The predicted octanol–water partition coefficient (Wildman–Crippen LogP) is 0.205. The van der Waals surface area contributed by atoms with E-state index in [1.165, 1.54) is 14.2 Å². The van der Waals surface area contributed by atoms with Crippen LogP contribution in [0.1, 0.15) is 0 Å². The van der Waals surface area contributed by atoms with Crippen LogP contribution in [0.2, 0.25) is 0 Å². The van der Waals surface area contributed by atoms with Crippen LogP contribution in [0.4, 0.5) is 0 Å². The number of aliphatic hydroxyl groups excluding tert-OH is 1. The van der Waals surface area contributed by atoms with Gasteiger partial charge >= 0.3 is 5.97 Å². The molecule has 0 fully saturated rings. The molecule has 0 saturated carbocycles. The number of carbonyl (C=O) groups excluding carboxylic acids is 1. The molecule has 4 nitrogen and oxygen atoms in total. The van der Waals surface area contributed by atoms with E-state index in [-0.39, 0.29) is 0 Å². The number of hydrogen-bond donors (Lipinski definition) is 1. The summed E-state index contributed by atoms with van der Waals surface area (Å²) in [4.78, 5) is 10.3. The van der Waals surface area contributed by atoms with Gasteiger partial charge in [0.15, 0.2) is 0 Å². The van der Waals surface area contributed by atoms with E-state index in [0.717, 1.165) is 6.26 Å². The molecule has 52 valence electrons. The van der Waals surface area contributed by atoms with Gasteiger partial charge in [0.05, 0.1) is 14.2 Å². The second-order valence-electron chi connectivity index (χ2n) is 1.23. The van der Waals surface area contributed by atoms with Crippen molar-refractivity contribution in [3.05, 3.63) is 12.0 Å². The lowest BCUT2D eigenvalue weighted by atomic mass is 10.6. The maximum Gasteiger partial charge on any atom is 0.376 e. The van der Waals surface area contributed by atoms with Crippen molar-refractivity contribution >= 4 is 5.97 Å². The lowest BCUT2D eigenvalue weighted by molar-refractivity contribution is -0.139. The Hall–Kier alpha value is -1.19. The average molecular weight is 132 g/mol. The molecule has 0 spiro atoms. The first-order chi connectivity index (χ1) is 4.22. The van der Waals surface area contributed by atoms with E-state index in [1.54, 1.807) is 0 Å². The van der Waals surface area contributed by atoms with Crippen molar-refractivity contribution < 1.29 is 19.4 Å². The molecule has 0 saturated heterocycles. The Morgan fingerprint density at radius 3 is 2.44 bits per heavy atom. The van der Waals surface area contributed by atoms with E-state index in [1.807, 2.05) is 0 Å². The van der Waals surface area contributed by atoms with Gasteiger partial charge in [0.1, 0.15) is 6.26 Å². The van der Waals surface area contributed by atoms with Crippen molar-refractivity contribution in [2.24, 2.45) is 0 Å². The summed E-state index contributed by atoms with van der Waals surface area (Å²) in [6.07, 6.45) is 0.895. The summed E-state index contributed by atoms with van der Waals surface area (Å²) in [5, 5.41) is 8.58. The lowest BCUT2D eigenvalue weighted by Crippen LogP contribution is -2.03. The summed E-state index contributed by atoms with van der Waals surface area (Å²) in [5.74, 6) is -1.35. The molecule has 0 aromatic carbocycles. The quantitative estimate of drug-likeness (QED) is 0.331. The Bertz CT molecular complexity index is 127. The van der Waals surface area contributed by atoms with Crippen LogP contribution >= 0.6 is 0 Å². The number of ether oxygens (including phenoxy) is 2. The lowest BCUT2D eigenvalue weighted by Gasteiger charge is -1.94. The van der Waals surface area contributed by atoms with Gasteiger partial charge in [-0.05, 0) is 0 Å². The summed E-state index contributed by atoms with van der Waals surface area (Å²) >= 11 is 0. The third-order valence-electron chi connectivity index (χ3n) is 0.624. The molecule has 0 aliphatic rings. The van der Waals surface area contributed by atoms with Gasteiger partial charge in [-0.15, -0.1) is 0 Å². The van der Waals surface area contributed by atoms with Crippen LogP contribution in [0.5, 0.6) is 0 Å². The first kappa shape index (κ1) is 7.81. The minimum Gasteiger partial charge on any atom is -0.500 e. The molecular formula is C5H8O4. The molecule has 0 unspecified atom stereocenters. The van der Waals surface area contributed by atoms with Crippen LogP contribution in [0.3, 0.4) is 0 Å². The van der Waals surface area contributed by atoms with Crippen LogP contribution in [0.25, 0.3) is 0 Å². The fourth-order valence-corrected chi connectivity index (χ4v) is 0.264. The third kappa shape index (κ3) is 2.58. The summed E-state index contributed by atoms with van der Waals surface area (Å²) in [6.45, 7) is 0. The zero-order valence-electron chi connectivity index (χ0n) is 5.25. The average Bonchev–Trinajstić information content (AvgIpc) is 1.87. The first-order valence-corrected chi connectivity index (χ1v) is 2.22. The zero-order chi connectivity index (χ0) is 7.28. The van der Waals surface area contributed by atoms with Gasteiger partial charge in [0, 0.05) is 0 Å². The molecule has 0 rings (SSSR count). The topological polar surface area (TPSA) is 55.8 Å². The maximum absolute atomic E-state index is 10.3. The van der Waals surface area contributed by atoms with Crippen molar-refractivity contribution in [3.63, 3.8) is 0 Å². The molecule has 4 heteroatoms. The molecule has 0 aliphatic heterocycles. The maximum atomic E-state index is 10.3. The third-order valence-corrected chi connectivity index (χ3v) is 0.624. The Morgan fingerprint density at radius 1 is 1.56 bits per heavy atom. The normalized spacial score (nSPS) is 10.7. The summed E-state index contributed by atoms with van der Waals surface area (Å²) in [7, 11) is 2.49. The van der Waals surface area contributed by atoms with Crippen LogP contribution in [-0.4, -0.2) is 25.3 Å². The van der Waals surface area contributed by atoms with E-state index >= 15 is 0 Å². The molecule has 1 N–H and O–H groups in total. The Labute approximate surface area is 52.7 Å². The minimum absolute atomic E-state index is 0.542. The molecular weight excluding hydrogens is 124 g/mol. The first-order valence-electron chi connectivity index (χ1n) is 2.22. The van der Waals surface area contributed by atoms with Gasteiger partial charge in [-0.3, -0.25) is 0 Å². The molecule has 0 aliphatic carbocycles. The van der Waals surface area contributed by atoms with E-state index in [4.69, 9.17) is 5.11 Å². The van der Waals surface area contributed by atoms with E-state index < -0.39 is 11.7 Å². The number of esters is 1. The highest BCUT2D eigenvalue weighted by atomic mass is 16.5. The number of rotatable bonds is 2. The van der Waals surface area contributed by atoms with Gasteiger partial charge in [-0.25, -0.2) is 4.79 Å². The minimum atomic E-state index is -0.808. The number of carbonyl (C=O) groups is 1. The molecule has 0 aromatic heterocycles. The van der Waals surface area contributed by atoms with Gasteiger partial charge in [0.2, 0.25) is 5.76 Å². The van der Waals surface area contributed by atoms with Crippen LogP contribution in [0, 0.1) is 0 Å². The van der Waals surface area contributed by atoms with Crippen molar-refractivity contribution in [2.75, 3.05) is 14.2 Å². The van der Waals surface area contributed by atoms with Crippen molar-refractivity contribution in [1.29, 1.82) is 0 Å². The highest BCUT2D eigenvalue weighted by molar-refractivity contribution is 5.85. The van der Waals surface area contributed by atoms with Crippen LogP contribution in [0.15, 0.2) is 12.0 Å². The summed E-state index contributed by atoms with van der Waals surface area (Å²) < 4.78 is 8.44. The largest absolute Gasteiger partial charge is 0.500 e. The SMILES string of the molecule is CO/C=C(\O)C(=O)OC. The van der Waals surface area contributed by atoms with E-state index in [2.05, 4.69) is 9.47 Å². The predicted molar refractivity (Wildman–Crippen MR) is 29.7 cm³/mol. The summed E-state index contributed by atoms with van der Waals surface area (Å²) in [6, 6.07) is 0. The monoisotopic (exact) mass is 132 g/mol. The van der Waals surface area contributed by atoms with Gasteiger partial charge in [-0.2, -0.15) is 0 Å². The van der Waals surface area contributed by atoms with Crippen molar-refractivity contribution in [1.82, 2.24) is 0 Å². The number of hydrogen-bond acceptors (Lipinski definition) is 4. The van der Waals surface area contributed by atoms with Gasteiger partial charge < -0.3 is 14.6 Å². The van der Waals surface area contributed by atoms with Crippen molar-refractivity contribution in [3.8, 4) is 0 Å².